The van der Waals surface area contributed by atoms with Gasteiger partial charge < -0.3 is 27.4 Å². The summed E-state index contributed by atoms with van der Waals surface area (Å²) >= 11 is 0. The number of aromatic nitrogens is 6. The molecule has 6 heterocycles. The van der Waals surface area contributed by atoms with Crippen LogP contribution in [0.5, 0.6) is 0 Å². The number of rotatable bonds is 10. The van der Waals surface area contributed by atoms with E-state index in [9.17, 15) is 0 Å². The number of hydrogen-bond acceptors (Lipinski definition) is 0. The van der Waals surface area contributed by atoms with Gasteiger partial charge in [-0.2, -0.15) is 0 Å². The van der Waals surface area contributed by atoms with E-state index in [2.05, 4.69) is 440 Å². The van der Waals surface area contributed by atoms with E-state index in [1.165, 1.54) is 158 Å². The van der Waals surface area contributed by atoms with Gasteiger partial charge >= 0.3 is 0 Å². The average molecular weight is 1470 g/mol. The molecule has 0 N–H and O–H groups in total. The first kappa shape index (κ1) is 64.2. The lowest BCUT2D eigenvalue weighted by Crippen LogP contribution is -1.97. The topological polar surface area (TPSA) is 29.6 Å². The molecule has 19 aromatic carbocycles. The van der Waals surface area contributed by atoms with Crippen molar-refractivity contribution in [3.63, 3.8) is 0 Å². The van der Waals surface area contributed by atoms with Gasteiger partial charge in [0.2, 0.25) is 0 Å². The number of nitrogens with zero attached hydrogens (tertiary/aromatic N) is 6. The number of hydrogen-bond donors (Lipinski definition) is 0. The molecule has 538 valence electrons. The van der Waals surface area contributed by atoms with Crippen LogP contribution < -0.4 is 0 Å². The summed E-state index contributed by atoms with van der Waals surface area (Å²) in [5, 5.41) is 19.4. The molecule has 0 saturated heterocycles. The van der Waals surface area contributed by atoms with Gasteiger partial charge in [0.15, 0.2) is 0 Å². The molecule has 0 amide bonds. The second-order valence-electron chi connectivity index (χ2n) is 31.1. The van der Waals surface area contributed by atoms with Gasteiger partial charge in [0.05, 0.1) is 71.9 Å². The van der Waals surface area contributed by atoms with Gasteiger partial charge in [0, 0.05) is 98.5 Å². The molecule has 0 unspecified atom stereocenters. The molecule has 25 rings (SSSR count). The molecule has 0 bridgehead atoms. The summed E-state index contributed by atoms with van der Waals surface area (Å²) in [6.45, 7) is 0. The third-order valence-electron chi connectivity index (χ3n) is 25.0. The van der Waals surface area contributed by atoms with E-state index >= 15 is 0 Å². The Kier molecular flexibility index (Phi) is 13.8. The highest BCUT2D eigenvalue weighted by Crippen LogP contribution is 2.47. The van der Waals surface area contributed by atoms with Gasteiger partial charge in [-0.3, -0.25) is 0 Å². The highest BCUT2D eigenvalue weighted by atomic mass is 15.0. The Morgan fingerprint density at radius 2 is 0.448 bits per heavy atom. The monoisotopic (exact) mass is 1470 g/mol. The van der Waals surface area contributed by atoms with Crippen LogP contribution in [0.25, 0.3) is 231 Å². The fraction of sp³-hybridized carbons (Fsp3) is 0. The molecule has 0 aliphatic rings. The summed E-state index contributed by atoms with van der Waals surface area (Å²) in [4.78, 5) is 0. The zero-order valence-corrected chi connectivity index (χ0v) is 62.9. The zero-order chi connectivity index (χ0) is 75.8. The third kappa shape index (κ3) is 9.53. The molecule has 0 fully saturated rings. The largest absolute Gasteiger partial charge is 0.309 e. The second kappa shape index (κ2) is 25.0. The normalized spacial score (nSPS) is 12.1. The maximum atomic E-state index is 2.53. The lowest BCUT2D eigenvalue weighted by atomic mass is 9.93. The van der Waals surface area contributed by atoms with Gasteiger partial charge in [-0.15, -0.1) is 0 Å². The van der Waals surface area contributed by atoms with E-state index in [1.807, 2.05) is 0 Å². The summed E-state index contributed by atoms with van der Waals surface area (Å²) < 4.78 is 14.7. The minimum atomic E-state index is 1.10. The molecule has 0 radical (unpaired) electrons. The van der Waals surface area contributed by atoms with Crippen molar-refractivity contribution in [3.05, 3.63) is 413 Å². The van der Waals surface area contributed by atoms with Gasteiger partial charge in [-0.25, -0.2) is 0 Å². The minimum absolute atomic E-state index is 1.10. The molecule has 6 nitrogen and oxygen atoms in total. The molecule has 0 saturated carbocycles. The molecule has 6 heteroatoms. The maximum absolute atomic E-state index is 2.53. The van der Waals surface area contributed by atoms with Crippen LogP contribution >= 0.6 is 0 Å². The van der Waals surface area contributed by atoms with Crippen molar-refractivity contribution < 1.29 is 0 Å². The van der Waals surface area contributed by atoms with E-state index in [0.29, 0.717) is 0 Å². The van der Waals surface area contributed by atoms with Crippen molar-refractivity contribution in [1.29, 1.82) is 0 Å². The maximum Gasteiger partial charge on any atom is 0.0547 e. The first-order valence-electron chi connectivity index (χ1n) is 40.0. The molecule has 0 atom stereocenters. The molecule has 116 heavy (non-hydrogen) atoms. The van der Waals surface area contributed by atoms with Crippen molar-refractivity contribution in [1.82, 2.24) is 27.4 Å². The van der Waals surface area contributed by atoms with Crippen LogP contribution in [0.2, 0.25) is 0 Å². The standard InChI is InChI=1S/C110H68N6/c1-4-23-69(24-5-1)70-45-51-79(52-46-70)113-99-39-19-15-34-88(99)95-68-81(53-59-105(95)113)115-107-42-22-36-82(110(107)90-55-47-74(65-109(90)115)73-50-57-103-93(63-73)86-32-13-18-38-98(86)112(103)78-27-8-3-9-28-78)75-43-44-76-66-108(84-30-11-10-29-83(84)91(76)64-75)116-101-41-21-16-35-89(101)96-67-80(54-60-106(96)116)114-100-40-20-14-33-87(100)94-62-72(49-58-104(94)114)71-48-56-102-92(61-71)85-31-12-17-37-97(85)111(102)77-25-6-2-7-26-77/h1-68H. The third-order valence-corrected chi connectivity index (χ3v) is 25.0. The van der Waals surface area contributed by atoms with Crippen molar-refractivity contribution in [2.24, 2.45) is 0 Å². The quantitative estimate of drug-likeness (QED) is 0.122. The van der Waals surface area contributed by atoms with Crippen molar-refractivity contribution in [3.8, 4) is 78.6 Å². The lowest BCUT2D eigenvalue weighted by molar-refractivity contribution is 1.17. The molecule has 0 spiro atoms. The smallest absolute Gasteiger partial charge is 0.0547 e. The molecular formula is C110H68N6. The van der Waals surface area contributed by atoms with Gasteiger partial charge in [-0.1, -0.05) is 249 Å². The number of para-hydroxylation sites is 7. The van der Waals surface area contributed by atoms with Gasteiger partial charge in [-0.05, 0) is 224 Å². The number of benzene rings is 19. The number of fused-ring (bicyclic) bond motifs is 21. The molecule has 25 aromatic rings. The highest BCUT2D eigenvalue weighted by molar-refractivity contribution is 6.22. The van der Waals surface area contributed by atoms with Gasteiger partial charge in [0.25, 0.3) is 0 Å². The van der Waals surface area contributed by atoms with Crippen LogP contribution in [0.1, 0.15) is 0 Å². The lowest BCUT2D eigenvalue weighted by Gasteiger charge is -2.16. The van der Waals surface area contributed by atoms with Crippen molar-refractivity contribution >= 4 is 152 Å². The summed E-state index contributed by atoms with van der Waals surface area (Å²) in [5.74, 6) is 0. The van der Waals surface area contributed by atoms with E-state index in [1.54, 1.807) is 0 Å². The second-order valence-corrected chi connectivity index (χ2v) is 31.1. The van der Waals surface area contributed by atoms with Crippen LogP contribution in [0.4, 0.5) is 0 Å². The van der Waals surface area contributed by atoms with E-state index in [0.717, 1.165) is 72.8 Å². The van der Waals surface area contributed by atoms with Crippen LogP contribution in [0.15, 0.2) is 413 Å². The van der Waals surface area contributed by atoms with E-state index in [-0.39, 0.29) is 0 Å². The van der Waals surface area contributed by atoms with E-state index < -0.39 is 0 Å². The fourth-order valence-corrected chi connectivity index (χ4v) is 19.8. The Labute approximate surface area is 666 Å². The molecule has 0 aliphatic heterocycles. The fourth-order valence-electron chi connectivity index (χ4n) is 19.8. The van der Waals surface area contributed by atoms with Crippen LogP contribution in [-0.2, 0) is 0 Å². The predicted octanol–water partition coefficient (Wildman–Crippen LogP) is 29.2. The first-order valence-corrected chi connectivity index (χ1v) is 40.0. The molecular weight excluding hydrogens is 1410 g/mol. The Bertz CT molecular complexity index is 8430. The van der Waals surface area contributed by atoms with Crippen molar-refractivity contribution in [2.75, 3.05) is 0 Å². The Hall–Kier alpha value is -15.5. The Morgan fingerprint density at radius 1 is 0.129 bits per heavy atom. The van der Waals surface area contributed by atoms with Crippen LogP contribution in [0.3, 0.4) is 0 Å². The van der Waals surface area contributed by atoms with E-state index in [4.69, 9.17) is 0 Å². The first-order chi connectivity index (χ1) is 57.5. The summed E-state index contributed by atoms with van der Waals surface area (Å²) in [7, 11) is 0. The Morgan fingerprint density at radius 3 is 0.948 bits per heavy atom. The van der Waals surface area contributed by atoms with Crippen LogP contribution in [0, 0.1) is 0 Å². The average Bonchev–Trinajstić information content (AvgIpc) is 1.54. The minimum Gasteiger partial charge on any atom is -0.309 e. The van der Waals surface area contributed by atoms with Crippen molar-refractivity contribution in [2.45, 2.75) is 0 Å². The molecule has 0 aliphatic carbocycles. The summed E-state index contributed by atoms with van der Waals surface area (Å²) in [5.41, 5.74) is 30.3. The summed E-state index contributed by atoms with van der Waals surface area (Å²) in [6, 6.07) is 154. The molecule has 6 aromatic heterocycles. The van der Waals surface area contributed by atoms with Gasteiger partial charge in [0.1, 0.15) is 0 Å². The predicted molar refractivity (Wildman–Crippen MR) is 489 cm³/mol. The Balaban J connectivity index is 0.629. The SMILES string of the molecule is c1ccc(-c2ccc(-n3c4ccccc4c4cc(-n5c6cc(-c7ccc8c(c7)c7ccccc7n8-c7ccccc7)ccc6c6c(-c7ccc8cc(-n9c%10ccccc%10c%10cc(-n%11c%12ccccc%12c%12cc(-c%13ccc%14c(c%13)c%13ccccc%13n%14-c%13ccccc%13)ccc%12%11)ccc%109)c9ccccc9c8c7)cccc65)ccc43)cc2)cc1. The summed E-state index contributed by atoms with van der Waals surface area (Å²) in [6.07, 6.45) is 0. The van der Waals surface area contributed by atoms with Crippen LogP contribution in [-0.4, -0.2) is 27.4 Å². The highest BCUT2D eigenvalue weighted by Gasteiger charge is 2.25. The zero-order valence-electron chi connectivity index (χ0n) is 62.9.